The van der Waals surface area contributed by atoms with Crippen molar-refractivity contribution < 1.29 is 0 Å². The van der Waals surface area contributed by atoms with Crippen LogP contribution >= 0.6 is 0 Å². The minimum absolute atomic E-state index is 0.0524. The van der Waals surface area contributed by atoms with Crippen molar-refractivity contribution in [1.29, 1.82) is 0 Å². The Morgan fingerprint density at radius 2 is 1.87 bits per heavy atom. The first-order valence-corrected chi connectivity index (χ1v) is 7.81. The molecule has 1 aromatic heterocycles. The van der Waals surface area contributed by atoms with E-state index < -0.39 is 0 Å². The van der Waals surface area contributed by atoms with E-state index >= 15 is 0 Å². The SMILES string of the molecule is CN(C)CCNc1nncc(Nc2ccccc2C(C)(C)C)n1. The standard InChI is InChI=1S/C17H26N6/c1-17(2,3)13-8-6-7-9-14(13)20-15-12-19-22-16(21-15)18-10-11-23(4)5/h6-9,12H,10-11H2,1-5H3,(H2,18,20,21,22). The largest absolute Gasteiger partial charge is 0.352 e. The zero-order chi connectivity index (χ0) is 16.9. The molecule has 0 spiro atoms. The molecule has 0 unspecified atom stereocenters. The van der Waals surface area contributed by atoms with Gasteiger partial charge in [-0.25, -0.2) is 0 Å². The number of benzene rings is 1. The van der Waals surface area contributed by atoms with Crippen LogP contribution in [0, 0.1) is 0 Å². The molecule has 0 saturated heterocycles. The number of nitrogens with one attached hydrogen (secondary N) is 2. The molecule has 0 aliphatic heterocycles. The molecule has 2 rings (SSSR count). The van der Waals surface area contributed by atoms with Gasteiger partial charge in [-0.15, -0.1) is 5.10 Å². The van der Waals surface area contributed by atoms with Crippen LogP contribution in [0.1, 0.15) is 26.3 Å². The maximum Gasteiger partial charge on any atom is 0.244 e. The molecule has 124 valence electrons. The van der Waals surface area contributed by atoms with Crippen LogP contribution in [0.5, 0.6) is 0 Å². The van der Waals surface area contributed by atoms with Crippen molar-refractivity contribution in [2.24, 2.45) is 0 Å². The Bertz CT molecular complexity index is 633. The second-order valence-electron chi connectivity index (χ2n) is 6.82. The van der Waals surface area contributed by atoms with Crippen LogP contribution in [0.4, 0.5) is 17.5 Å². The van der Waals surface area contributed by atoms with Gasteiger partial charge in [-0.05, 0) is 31.1 Å². The lowest BCUT2D eigenvalue weighted by molar-refractivity contribution is 0.425. The third kappa shape index (κ3) is 5.17. The van der Waals surface area contributed by atoms with Gasteiger partial charge in [0.25, 0.3) is 0 Å². The van der Waals surface area contributed by atoms with Crippen molar-refractivity contribution >= 4 is 17.5 Å². The summed E-state index contributed by atoms with van der Waals surface area (Å²) in [6.07, 6.45) is 1.64. The summed E-state index contributed by atoms with van der Waals surface area (Å²) in [6.45, 7) is 8.27. The van der Waals surface area contributed by atoms with E-state index in [1.54, 1.807) is 6.20 Å². The second-order valence-corrected chi connectivity index (χ2v) is 6.82. The number of hydrogen-bond donors (Lipinski definition) is 2. The van der Waals surface area contributed by atoms with E-state index in [9.17, 15) is 0 Å². The van der Waals surface area contributed by atoms with Gasteiger partial charge >= 0.3 is 0 Å². The first kappa shape index (κ1) is 17.1. The average Bonchev–Trinajstić information content (AvgIpc) is 2.47. The van der Waals surface area contributed by atoms with Crippen LogP contribution in [0.2, 0.25) is 0 Å². The molecular weight excluding hydrogens is 288 g/mol. The third-order valence-corrected chi connectivity index (χ3v) is 3.40. The minimum Gasteiger partial charge on any atom is -0.352 e. The summed E-state index contributed by atoms with van der Waals surface area (Å²) >= 11 is 0. The highest BCUT2D eigenvalue weighted by Crippen LogP contribution is 2.30. The molecule has 1 heterocycles. The summed E-state index contributed by atoms with van der Waals surface area (Å²) in [5.41, 5.74) is 2.33. The fourth-order valence-corrected chi connectivity index (χ4v) is 2.21. The molecule has 0 fully saturated rings. The first-order valence-electron chi connectivity index (χ1n) is 7.81. The van der Waals surface area contributed by atoms with E-state index in [0.717, 1.165) is 18.8 Å². The lowest BCUT2D eigenvalue weighted by atomic mass is 9.86. The fourth-order valence-electron chi connectivity index (χ4n) is 2.21. The van der Waals surface area contributed by atoms with Gasteiger partial charge in [-0.1, -0.05) is 39.0 Å². The van der Waals surface area contributed by atoms with Gasteiger partial charge in [-0.3, -0.25) is 0 Å². The summed E-state index contributed by atoms with van der Waals surface area (Å²) < 4.78 is 0. The highest BCUT2D eigenvalue weighted by molar-refractivity contribution is 5.62. The Morgan fingerprint density at radius 3 is 2.57 bits per heavy atom. The van der Waals surface area contributed by atoms with E-state index in [1.807, 2.05) is 20.2 Å². The van der Waals surface area contributed by atoms with Gasteiger partial charge in [0.1, 0.15) is 0 Å². The highest BCUT2D eigenvalue weighted by Gasteiger charge is 2.17. The number of para-hydroxylation sites is 1. The maximum atomic E-state index is 4.47. The molecule has 6 heteroatoms. The molecule has 1 aromatic carbocycles. The van der Waals surface area contributed by atoms with Crippen molar-refractivity contribution in [2.45, 2.75) is 26.2 Å². The number of rotatable bonds is 6. The first-order chi connectivity index (χ1) is 10.9. The molecule has 6 nitrogen and oxygen atoms in total. The molecule has 23 heavy (non-hydrogen) atoms. The maximum absolute atomic E-state index is 4.47. The van der Waals surface area contributed by atoms with E-state index in [0.29, 0.717) is 11.8 Å². The Hall–Kier alpha value is -2.21. The molecule has 0 bridgehead atoms. The predicted molar refractivity (Wildman–Crippen MR) is 95.3 cm³/mol. The topological polar surface area (TPSA) is 66.0 Å². The van der Waals surface area contributed by atoms with Crippen LogP contribution < -0.4 is 10.6 Å². The predicted octanol–water partition coefficient (Wildman–Crippen LogP) is 2.89. The van der Waals surface area contributed by atoms with Gasteiger partial charge in [0.2, 0.25) is 5.95 Å². The van der Waals surface area contributed by atoms with E-state index in [-0.39, 0.29) is 5.41 Å². The summed E-state index contributed by atoms with van der Waals surface area (Å²) in [7, 11) is 4.06. The zero-order valence-electron chi connectivity index (χ0n) is 14.6. The quantitative estimate of drug-likeness (QED) is 0.854. The number of nitrogens with zero attached hydrogens (tertiary/aromatic N) is 4. The number of aromatic nitrogens is 3. The van der Waals surface area contributed by atoms with Gasteiger partial charge in [0.15, 0.2) is 5.82 Å². The van der Waals surface area contributed by atoms with Crippen LogP contribution in [0.15, 0.2) is 30.5 Å². The summed E-state index contributed by atoms with van der Waals surface area (Å²) in [6, 6.07) is 8.26. The van der Waals surface area contributed by atoms with Crippen molar-refractivity contribution in [3.8, 4) is 0 Å². The molecule has 2 aromatic rings. The number of likely N-dealkylation sites (N-methyl/N-ethyl adjacent to an activating group) is 1. The summed E-state index contributed by atoms with van der Waals surface area (Å²) in [4.78, 5) is 6.57. The monoisotopic (exact) mass is 314 g/mol. The minimum atomic E-state index is 0.0524. The molecule has 2 N–H and O–H groups in total. The Balaban J connectivity index is 2.12. The van der Waals surface area contributed by atoms with Crippen molar-refractivity contribution in [3.05, 3.63) is 36.0 Å². The number of anilines is 3. The van der Waals surface area contributed by atoms with Gasteiger partial charge in [-0.2, -0.15) is 10.1 Å². The zero-order valence-corrected chi connectivity index (χ0v) is 14.6. The van der Waals surface area contributed by atoms with Gasteiger partial charge < -0.3 is 15.5 Å². The van der Waals surface area contributed by atoms with Crippen molar-refractivity contribution in [3.63, 3.8) is 0 Å². The van der Waals surface area contributed by atoms with Crippen molar-refractivity contribution in [1.82, 2.24) is 20.1 Å². The van der Waals surface area contributed by atoms with Crippen LogP contribution in [0.25, 0.3) is 0 Å². The molecule has 0 amide bonds. The van der Waals surface area contributed by atoms with E-state index in [2.05, 4.69) is 69.7 Å². The summed E-state index contributed by atoms with van der Waals surface area (Å²) in [5, 5.41) is 14.6. The molecule has 0 aliphatic rings. The van der Waals surface area contributed by atoms with Crippen LogP contribution in [0.3, 0.4) is 0 Å². The molecule has 0 saturated carbocycles. The van der Waals surface area contributed by atoms with Gasteiger partial charge in [0, 0.05) is 18.8 Å². The normalized spacial score (nSPS) is 11.6. The Labute approximate surface area is 138 Å². The second kappa shape index (κ2) is 7.37. The van der Waals surface area contributed by atoms with Crippen LogP contribution in [-0.4, -0.2) is 47.3 Å². The van der Waals surface area contributed by atoms with E-state index in [1.165, 1.54) is 5.56 Å². The summed E-state index contributed by atoms with van der Waals surface area (Å²) in [5.74, 6) is 1.22. The van der Waals surface area contributed by atoms with Gasteiger partial charge in [0.05, 0.1) is 6.20 Å². The smallest absolute Gasteiger partial charge is 0.244 e. The Morgan fingerprint density at radius 1 is 1.13 bits per heavy atom. The van der Waals surface area contributed by atoms with E-state index in [4.69, 9.17) is 0 Å². The lowest BCUT2D eigenvalue weighted by Crippen LogP contribution is -2.21. The average molecular weight is 314 g/mol. The van der Waals surface area contributed by atoms with Crippen LogP contribution in [-0.2, 0) is 5.41 Å². The van der Waals surface area contributed by atoms with Crippen molar-refractivity contribution in [2.75, 3.05) is 37.8 Å². The molecular formula is C17H26N6. The molecule has 0 radical (unpaired) electrons. The number of hydrogen-bond acceptors (Lipinski definition) is 6. The highest BCUT2D eigenvalue weighted by atomic mass is 15.3. The molecule has 0 aliphatic carbocycles. The molecule has 0 atom stereocenters. The Kier molecular flexibility index (Phi) is 5.50. The lowest BCUT2D eigenvalue weighted by Gasteiger charge is -2.23. The fraction of sp³-hybridized carbons (Fsp3) is 0.471. The third-order valence-electron chi connectivity index (χ3n) is 3.40.